The first-order valence-corrected chi connectivity index (χ1v) is 32.2. The molecule has 0 aliphatic rings. The van der Waals surface area contributed by atoms with Crippen molar-refractivity contribution >= 4 is 17.9 Å². The van der Waals surface area contributed by atoms with E-state index < -0.39 is 6.10 Å². The van der Waals surface area contributed by atoms with Crippen LogP contribution in [0.5, 0.6) is 0 Å². The van der Waals surface area contributed by atoms with Crippen LogP contribution in [0.2, 0.25) is 0 Å². The Bertz CT molecular complexity index is 1490. The average molecular weight is 1060 g/mol. The molecule has 0 rings (SSSR count). The largest absolute Gasteiger partial charge is 0.462 e. The van der Waals surface area contributed by atoms with E-state index in [0.717, 1.165) is 109 Å². The summed E-state index contributed by atoms with van der Waals surface area (Å²) in [6, 6.07) is 0. The zero-order valence-corrected chi connectivity index (χ0v) is 50.0. The molecule has 0 saturated carbocycles. The van der Waals surface area contributed by atoms with Crippen molar-refractivity contribution in [3.8, 4) is 0 Å². The first-order chi connectivity index (χ1) is 37.5. The van der Waals surface area contributed by atoms with Gasteiger partial charge >= 0.3 is 17.9 Å². The lowest BCUT2D eigenvalue weighted by molar-refractivity contribution is -0.167. The second-order valence-corrected chi connectivity index (χ2v) is 21.3. The normalized spacial score (nSPS) is 12.7. The molecule has 0 heterocycles. The lowest BCUT2D eigenvalue weighted by atomic mass is 10.0. The maximum Gasteiger partial charge on any atom is 0.306 e. The van der Waals surface area contributed by atoms with Gasteiger partial charge in [0, 0.05) is 19.3 Å². The van der Waals surface area contributed by atoms with Crippen LogP contribution in [0.1, 0.15) is 310 Å². The molecule has 0 saturated heterocycles. The van der Waals surface area contributed by atoms with Crippen molar-refractivity contribution in [2.75, 3.05) is 13.2 Å². The van der Waals surface area contributed by atoms with Gasteiger partial charge in [-0.3, -0.25) is 14.4 Å². The molecular formula is C70H120O6. The number of esters is 3. The Labute approximate surface area is 470 Å². The lowest BCUT2D eigenvalue weighted by Crippen LogP contribution is -2.30. The van der Waals surface area contributed by atoms with E-state index in [2.05, 4.69) is 118 Å². The molecule has 0 bridgehead atoms. The van der Waals surface area contributed by atoms with Gasteiger partial charge in [-0.25, -0.2) is 0 Å². The van der Waals surface area contributed by atoms with Crippen molar-refractivity contribution in [2.24, 2.45) is 0 Å². The third-order valence-electron chi connectivity index (χ3n) is 13.8. The Kier molecular flexibility index (Phi) is 60.8. The van der Waals surface area contributed by atoms with Gasteiger partial charge in [-0.15, -0.1) is 0 Å². The summed E-state index contributed by atoms with van der Waals surface area (Å²) >= 11 is 0. The molecular weight excluding hydrogens is 937 g/mol. The molecule has 0 aromatic heterocycles. The zero-order chi connectivity index (χ0) is 55.0. The zero-order valence-electron chi connectivity index (χ0n) is 50.0. The number of hydrogen-bond acceptors (Lipinski definition) is 6. The Hall–Kier alpha value is -3.67. The molecule has 0 radical (unpaired) electrons. The monoisotopic (exact) mass is 1060 g/mol. The van der Waals surface area contributed by atoms with Crippen LogP contribution in [0.4, 0.5) is 0 Å². The Morgan fingerprint density at radius 3 is 0.829 bits per heavy atom. The second kappa shape index (κ2) is 63.9. The standard InChI is InChI=1S/C70H120O6/c1-4-7-10-13-16-19-22-25-27-29-31-32-33-34-35-36-37-38-40-41-43-45-48-51-54-57-60-63-69(72)75-66-67(65-74-68(71)62-59-56-53-50-47-24-21-18-15-12-9-6-3)76-70(73)64-61-58-55-52-49-46-44-42-39-30-28-26-23-20-17-14-11-8-5-2/h7,10,16-17,19-20,25-28,31-32,34-35,37-38,67H,4-6,8-9,11-15,18,21-24,29-30,33,36,39-66H2,1-3H3/b10-7-,19-16-,20-17-,27-25-,28-26-,32-31-,35-34-,38-37-. The fourth-order valence-electron chi connectivity index (χ4n) is 9.01. The van der Waals surface area contributed by atoms with Gasteiger partial charge in [-0.05, 0) is 103 Å². The van der Waals surface area contributed by atoms with Gasteiger partial charge in [0.05, 0.1) is 0 Å². The van der Waals surface area contributed by atoms with Crippen LogP contribution < -0.4 is 0 Å². The van der Waals surface area contributed by atoms with Crippen LogP contribution in [0.15, 0.2) is 97.2 Å². The Morgan fingerprint density at radius 2 is 0.513 bits per heavy atom. The summed E-state index contributed by atoms with van der Waals surface area (Å²) in [5, 5.41) is 0. The van der Waals surface area contributed by atoms with E-state index in [4.69, 9.17) is 14.2 Å². The van der Waals surface area contributed by atoms with Crippen LogP contribution in [-0.2, 0) is 28.6 Å². The molecule has 1 unspecified atom stereocenters. The number of carbonyl (C=O) groups excluding carboxylic acids is 3. The lowest BCUT2D eigenvalue weighted by Gasteiger charge is -2.18. The molecule has 0 aliphatic heterocycles. The summed E-state index contributed by atoms with van der Waals surface area (Å²) in [4.78, 5) is 38.3. The van der Waals surface area contributed by atoms with Crippen molar-refractivity contribution < 1.29 is 28.6 Å². The molecule has 0 fully saturated rings. The van der Waals surface area contributed by atoms with Gasteiger partial charge in [0.15, 0.2) is 6.10 Å². The number of allylic oxidation sites excluding steroid dienone is 16. The number of hydrogen-bond donors (Lipinski definition) is 0. The van der Waals surface area contributed by atoms with Crippen LogP contribution in [0.3, 0.4) is 0 Å². The van der Waals surface area contributed by atoms with Crippen molar-refractivity contribution in [1.29, 1.82) is 0 Å². The highest BCUT2D eigenvalue weighted by molar-refractivity contribution is 5.71. The number of rotatable bonds is 58. The van der Waals surface area contributed by atoms with Gasteiger partial charge in [-0.1, -0.05) is 285 Å². The summed E-state index contributed by atoms with van der Waals surface area (Å²) in [5.74, 6) is -0.881. The van der Waals surface area contributed by atoms with Crippen molar-refractivity contribution in [2.45, 2.75) is 316 Å². The SMILES string of the molecule is CC/C=C\C/C=C\C/C=C\C/C=C\C/C=C\C/C=C\CCCCCCCCCCC(=O)OCC(COC(=O)CCCCCCCCCCCCCC)OC(=O)CCCCCCCCCCC/C=C\C/C=C\CCCCC. The summed E-state index contributed by atoms with van der Waals surface area (Å²) in [6.07, 6.45) is 85.5. The van der Waals surface area contributed by atoms with Crippen LogP contribution in [0, 0.1) is 0 Å². The molecule has 6 heteroatoms. The predicted molar refractivity (Wildman–Crippen MR) is 330 cm³/mol. The minimum atomic E-state index is -0.783. The quantitative estimate of drug-likeness (QED) is 0.0261. The summed E-state index contributed by atoms with van der Waals surface area (Å²) in [5.41, 5.74) is 0. The maximum absolute atomic E-state index is 12.9. The third-order valence-corrected chi connectivity index (χ3v) is 13.8. The van der Waals surface area contributed by atoms with Crippen molar-refractivity contribution in [3.05, 3.63) is 97.2 Å². The van der Waals surface area contributed by atoms with E-state index in [-0.39, 0.29) is 31.1 Å². The van der Waals surface area contributed by atoms with Gasteiger partial charge in [0.2, 0.25) is 0 Å². The number of carbonyl (C=O) groups is 3. The molecule has 76 heavy (non-hydrogen) atoms. The highest BCUT2D eigenvalue weighted by Gasteiger charge is 2.19. The highest BCUT2D eigenvalue weighted by Crippen LogP contribution is 2.16. The van der Waals surface area contributed by atoms with Gasteiger partial charge in [-0.2, -0.15) is 0 Å². The highest BCUT2D eigenvalue weighted by atomic mass is 16.6. The Morgan fingerprint density at radius 1 is 0.276 bits per heavy atom. The molecule has 0 aromatic carbocycles. The summed E-state index contributed by atoms with van der Waals surface area (Å²) < 4.78 is 16.9. The summed E-state index contributed by atoms with van der Waals surface area (Å²) in [6.45, 7) is 6.51. The first-order valence-electron chi connectivity index (χ1n) is 32.2. The van der Waals surface area contributed by atoms with Crippen molar-refractivity contribution in [1.82, 2.24) is 0 Å². The molecule has 0 spiro atoms. The Balaban J connectivity index is 4.31. The molecule has 436 valence electrons. The molecule has 0 N–H and O–H groups in total. The van der Waals surface area contributed by atoms with Crippen molar-refractivity contribution in [3.63, 3.8) is 0 Å². The van der Waals surface area contributed by atoms with Crippen LogP contribution in [0.25, 0.3) is 0 Å². The van der Waals surface area contributed by atoms with E-state index in [1.807, 2.05) is 0 Å². The predicted octanol–water partition coefficient (Wildman–Crippen LogP) is 22.0. The molecule has 0 aliphatic carbocycles. The van der Waals surface area contributed by atoms with E-state index in [1.165, 1.54) is 161 Å². The van der Waals surface area contributed by atoms with E-state index in [0.29, 0.717) is 19.3 Å². The third kappa shape index (κ3) is 61.2. The number of ether oxygens (including phenoxy) is 3. The fraction of sp³-hybridized carbons (Fsp3) is 0.729. The first kappa shape index (κ1) is 72.3. The second-order valence-electron chi connectivity index (χ2n) is 21.3. The topological polar surface area (TPSA) is 78.9 Å². The average Bonchev–Trinajstić information content (AvgIpc) is 3.42. The molecule has 6 nitrogen and oxygen atoms in total. The molecule has 0 amide bonds. The smallest absolute Gasteiger partial charge is 0.306 e. The van der Waals surface area contributed by atoms with E-state index >= 15 is 0 Å². The van der Waals surface area contributed by atoms with Gasteiger partial charge in [0.25, 0.3) is 0 Å². The van der Waals surface area contributed by atoms with Crippen LogP contribution in [-0.4, -0.2) is 37.2 Å². The number of unbranched alkanes of at least 4 members (excludes halogenated alkanes) is 31. The van der Waals surface area contributed by atoms with E-state index in [1.54, 1.807) is 0 Å². The van der Waals surface area contributed by atoms with E-state index in [9.17, 15) is 14.4 Å². The van der Waals surface area contributed by atoms with Gasteiger partial charge < -0.3 is 14.2 Å². The van der Waals surface area contributed by atoms with Crippen LogP contribution >= 0.6 is 0 Å². The maximum atomic E-state index is 12.9. The molecule has 1 atom stereocenters. The molecule has 0 aromatic rings. The summed E-state index contributed by atoms with van der Waals surface area (Å²) in [7, 11) is 0. The minimum absolute atomic E-state index is 0.0790. The minimum Gasteiger partial charge on any atom is -0.462 e. The van der Waals surface area contributed by atoms with Gasteiger partial charge in [0.1, 0.15) is 13.2 Å². The fourth-order valence-corrected chi connectivity index (χ4v) is 9.01.